The Morgan fingerprint density at radius 1 is 0.430 bits per heavy atom. The summed E-state index contributed by atoms with van der Waals surface area (Å²) in [6.07, 6.45) is 61.7. The molecule has 6 atom stereocenters. The van der Waals surface area contributed by atoms with Crippen LogP contribution >= 0.6 is 0 Å². The van der Waals surface area contributed by atoms with E-state index in [2.05, 4.69) is 130 Å². The van der Waals surface area contributed by atoms with Crippen molar-refractivity contribution in [3.05, 3.63) is 122 Å². The second-order valence-corrected chi connectivity index (χ2v) is 20.2. The number of ether oxygens (including phenoxy) is 5. The molecule has 0 aromatic rings. The van der Waals surface area contributed by atoms with Crippen molar-refractivity contribution in [3.8, 4) is 0 Å². The first-order valence-corrected chi connectivity index (χ1v) is 30.5. The van der Waals surface area contributed by atoms with Gasteiger partial charge in [0.25, 0.3) is 0 Å². The van der Waals surface area contributed by atoms with Crippen LogP contribution in [-0.2, 0) is 42.9 Å². The van der Waals surface area contributed by atoms with Gasteiger partial charge in [0.05, 0.1) is 6.61 Å². The quantitative estimate of drug-likeness (QED) is 0.0228. The average molecular weight is 1100 g/mol. The first-order chi connectivity index (χ1) is 38.6. The van der Waals surface area contributed by atoms with E-state index < -0.39 is 67.3 Å². The van der Waals surface area contributed by atoms with Gasteiger partial charge in [0, 0.05) is 19.3 Å². The molecule has 0 spiro atoms. The fourth-order valence-electron chi connectivity index (χ4n) is 8.34. The summed E-state index contributed by atoms with van der Waals surface area (Å²) < 4.78 is 28.3. The lowest BCUT2D eigenvalue weighted by Crippen LogP contribution is -2.61. The number of carboxylic acid groups (broad SMARTS) is 1. The molecule has 0 amide bonds. The van der Waals surface area contributed by atoms with Crippen LogP contribution in [0.15, 0.2) is 122 Å². The Hall–Kier alpha value is -4.88. The van der Waals surface area contributed by atoms with Crippen molar-refractivity contribution in [1.82, 2.24) is 0 Å². The Kier molecular flexibility index (Phi) is 49.1. The number of hydrogen-bond donors (Lipinski definition) is 3. The molecule has 3 N–H and O–H groups in total. The van der Waals surface area contributed by atoms with Crippen LogP contribution in [0.3, 0.4) is 0 Å². The fraction of sp³-hybridized carbons (Fsp3) is 0.642. The molecule has 79 heavy (non-hydrogen) atoms. The number of rotatable bonds is 50. The first-order valence-electron chi connectivity index (χ1n) is 30.5. The highest BCUT2D eigenvalue weighted by molar-refractivity contribution is 5.74. The number of carbonyl (C=O) groups is 4. The van der Waals surface area contributed by atoms with Gasteiger partial charge in [-0.2, -0.15) is 0 Å². The molecule has 446 valence electrons. The number of aliphatic carboxylic acids is 1. The molecule has 1 rings (SSSR count). The standard InChI is InChI=1S/C67H106O12/c1-4-7-10-13-16-19-22-25-27-29-30-32-33-36-38-41-44-47-50-53-59(68)75-56-58(77-60(69)54-51-48-45-42-39-35-24-21-18-15-12-9-6-3)57-76-67-65(63(72)62(71)64(79-67)66(73)74)78-61(70)55-52-49-46-43-40-37-34-31-28-26-23-20-17-14-11-8-5-2/h7,10,12,15-17,19-21,24-28,30,32,36,38,44,47,58,62-65,67,71-72H,4-6,8-9,11,13-14,18,22-23,29,31,33-35,37,39-43,45-46,48-57H2,1-3H3,(H,73,74)/b10-7-,15-12-,19-16-,20-17-,24-21-,27-25-,28-26-,32-30-,38-36-,47-44-. The summed E-state index contributed by atoms with van der Waals surface area (Å²) in [5.41, 5.74) is 0. The number of hydrogen-bond acceptors (Lipinski definition) is 11. The molecule has 1 aliphatic heterocycles. The summed E-state index contributed by atoms with van der Waals surface area (Å²) in [4.78, 5) is 51.2. The van der Waals surface area contributed by atoms with Crippen molar-refractivity contribution in [1.29, 1.82) is 0 Å². The molecule has 1 heterocycles. The molecule has 0 radical (unpaired) electrons. The molecular weight excluding hydrogens is 997 g/mol. The van der Waals surface area contributed by atoms with Crippen molar-refractivity contribution < 1.29 is 58.2 Å². The zero-order valence-corrected chi connectivity index (χ0v) is 49.1. The molecule has 12 heteroatoms. The number of aliphatic hydroxyl groups is 2. The van der Waals surface area contributed by atoms with Crippen LogP contribution < -0.4 is 0 Å². The van der Waals surface area contributed by atoms with Crippen LogP contribution in [0, 0.1) is 0 Å². The number of aliphatic hydroxyl groups excluding tert-OH is 2. The Bertz CT molecular complexity index is 1840. The predicted octanol–water partition coefficient (Wildman–Crippen LogP) is 16.0. The maximum atomic E-state index is 13.1. The number of unbranched alkanes of at least 4 members (excludes halogenated alkanes) is 16. The molecule has 0 aromatic heterocycles. The normalized spacial score (nSPS) is 18.7. The zero-order chi connectivity index (χ0) is 57.5. The molecule has 12 nitrogen and oxygen atoms in total. The number of carbonyl (C=O) groups excluding carboxylic acids is 3. The number of esters is 3. The van der Waals surface area contributed by atoms with E-state index in [9.17, 15) is 34.5 Å². The van der Waals surface area contributed by atoms with Gasteiger partial charge < -0.3 is 39.0 Å². The number of allylic oxidation sites excluding steroid dienone is 20. The second kappa shape index (κ2) is 53.7. The largest absolute Gasteiger partial charge is 0.479 e. The SMILES string of the molecule is CC/C=C\C/C=C\C/C=C\C/C=C\C/C=C\C/C=C\CCC(=O)OCC(COC1OC(C(=O)O)C(O)C(O)C1OC(=O)CCCCCCCCC/C=C\C/C=C\CCCCC)OC(=O)CCCCCCC/C=C\C/C=C\CCC. The number of carboxylic acids is 1. The molecular formula is C67H106O12. The summed E-state index contributed by atoms with van der Waals surface area (Å²) in [7, 11) is 0. The van der Waals surface area contributed by atoms with Gasteiger partial charge in [0.15, 0.2) is 24.6 Å². The highest BCUT2D eigenvalue weighted by atomic mass is 16.7. The average Bonchev–Trinajstić information content (AvgIpc) is 3.47. The third-order valence-electron chi connectivity index (χ3n) is 13.0. The first kappa shape index (κ1) is 72.1. The molecule has 6 unspecified atom stereocenters. The zero-order valence-electron chi connectivity index (χ0n) is 49.1. The Labute approximate surface area is 478 Å². The Balaban J connectivity index is 2.73. The minimum atomic E-state index is -1.92. The summed E-state index contributed by atoms with van der Waals surface area (Å²) in [6.45, 7) is 5.70. The lowest BCUT2D eigenvalue weighted by Gasteiger charge is -2.40. The monoisotopic (exact) mass is 1100 g/mol. The third-order valence-corrected chi connectivity index (χ3v) is 13.0. The minimum Gasteiger partial charge on any atom is -0.479 e. The predicted molar refractivity (Wildman–Crippen MR) is 321 cm³/mol. The van der Waals surface area contributed by atoms with E-state index in [1.165, 1.54) is 19.3 Å². The fourth-order valence-corrected chi connectivity index (χ4v) is 8.34. The van der Waals surface area contributed by atoms with Crippen molar-refractivity contribution in [3.63, 3.8) is 0 Å². The summed E-state index contributed by atoms with van der Waals surface area (Å²) >= 11 is 0. The van der Waals surface area contributed by atoms with E-state index in [1.807, 2.05) is 12.2 Å². The molecule has 1 saturated heterocycles. The maximum Gasteiger partial charge on any atom is 0.335 e. The Morgan fingerprint density at radius 2 is 0.848 bits per heavy atom. The van der Waals surface area contributed by atoms with Crippen molar-refractivity contribution >= 4 is 23.9 Å². The molecule has 0 aliphatic carbocycles. The Morgan fingerprint density at radius 3 is 1.32 bits per heavy atom. The molecule has 1 aliphatic rings. The van der Waals surface area contributed by atoms with Gasteiger partial charge in [-0.05, 0) is 116 Å². The van der Waals surface area contributed by atoms with Gasteiger partial charge in [-0.3, -0.25) is 14.4 Å². The van der Waals surface area contributed by atoms with E-state index >= 15 is 0 Å². The molecule has 0 saturated carbocycles. The van der Waals surface area contributed by atoms with Crippen molar-refractivity contribution in [2.75, 3.05) is 13.2 Å². The summed E-state index contributed by atoms with van der Waals surface area (Å²) in [6, 6.07) is 0. The van der Waals surface area contributed by atoms with Crippen LogP contribution in [0.2, 0.25) is 0 Å². The smallest absolute Gasteiger partial charge is 0.335 e. The van der Waals surface area contributed by atoms with Gasteiger partial charge in [0.2, 0.25) is 0 Å². The van der Waals surface area contributed by atoms with Gasteiger partial charge in [0.1, 0.15) is 18.8 Å². The summed E-state index contributed by atoms with van der Waals surface area (Å²) in [5, 5.41) is 31.5. The minimum absolute atomic E-state index is 0.0368. The third kappa shape index (κ3) is 43.6. The lowest BCUT2D eigenvalue weighted by molar-refractivity contribution is -0.301. The van der Waals surface area contributed by atoms with E-state index in [0.717, 1.165) is 148 Å². The highest BCUT2D eigenvalue weighted by Gasteiger charge is 2.50. The molecule has 0 aromatic carbocycles. The molecule has 1 fully saturated rings. The van der Waals surface area contributed by atoms with E-state index in [4.69, 9.17) is 23.7 Å². The van der Waals surface area contributed by atoms with Gasteiger partial charge in [-0.15, -0.1) is 0 Å². The maximum absolute atomic E-state index is 13.1. The van der Waals surface area contributed by atoms with Crippen LogP contribution in [0.25, 0.3) is 0 Å². The van der Waals surface area contributed by atoms with Crippen LogP contribution in [0.4, 0.5) is 0 Å². The van der Waals surface area contributed by atoms with Crippen molar-refractivity contribution in [2.24, 2.45) is 0 Å². The van der Waals surface area contributed by atoms with Gasteiger partial charge in [-0.1, -0.05) is 213 Å². The van der Waals surface area contributed by atoms with Crippen molar-refractivity contribution in [2.45, 2.75) is 263 Å². The van der Waals surface area contributed by atoms with Crippen LogP contribution in [-0.4, -0.2) is 89.2 Å². The molecule has 0 bridgehead atoms. The van der Waals surface area contributed by atoms with E-state index in [0.29, 0.717) is 19.3 Å². The highest BCUT2D eigenvalue weighted by Crippen LogP contribution is 2.26. The van der Waals surface area contributed by atoms with Crippen LogP contribution in [0.5, 0.6) is 0 Å². The summed E-state index contributed by atoms with van der Waals surface area (Å²) in [5.74, 6) is -3.27. The van der Waals surface area contributed by atoms with Gasteiger partial charge in [-0.25, -0.2) is 4.79 Å². The second-order valence-electron chi connectivity index (χ2n) is 20.2. The van der Waals surface area contributed by atoms with E-state index in [1.54, 1.807) is 0 Å². The van der Waals surface area contributed by atoms with Gasteiger partial charge >= 0.3 is 23.9 Å². The van der Waals surface area contributed by atoms with Crippen LogP contribution in [0.1, 0.15) is 226 Å². The van der Waals surface area contributed by atoms with E-state index in [-0.39, 0.29) is 25.9 Å². The topological polar surface area (TPSA) is 175 Å². The lowest BCUT2D eigenvalue weighted by atomic mass is 9.98.